The van der Waals surface area contributed by atoms with Crippen LogP contribution in [0.5, 0.6) is 0 Å². The average molecular weight is 266 g/mol. The molecule has 0 aromatic rings. The third-order valence-corrected chi connectivity index (χ3v) is 4.27. The Morgan fingerprint density at radius 2 is 2.11 bits per heavy atom. The minimum absolute atomic E-state index is 0.261. The molecule has 0 bridgehead atoms. The maximum Gasteiger partial charge on any atom is 0.338 e. The van der Waals surface area contributed by atoms with Crippen molar-refractivity contribution in [1.29, 1.82) is 0 Å². The topological polar surface area (TPSA) is 66.8 Å². The monoisotopic (exact) mass is 266 g/mol. The summed E-state index contributed by atoms with van der Waals surface area (Å²) in [6.07, 6.45) is 4.88. The summed E-state index contributed by atoms with van der Waals surface area (Å²) in [5, 5.41) is 20.3. The molecule has 1 saturated heterocycles. The predicted octanol–water partition coefficient (Wildman–Crippen LogP) is 1.72. The Kier molecular flexibility index (Phi) is 3.83. The molecule has 4 atom stereocenters. The number of carbonyl (C=O) groups is 1. The molecule has 0 spiro atoms. The highest BCUT2D eigenvalue weighted by atomic mass is 16.6. The maximum atomic E-state index is 11.7. The fraction of sp³-hybridized carbons (Fsp3) is 0.667. The average Bonchev–Trinajstić information content (AvgIpc) is 2.54. The zero-order valence-electron chi connectivity index (χ0n) is 11.7. The molecule has 1 unspecified atom stereocenters. The fourth-order valence-electron chi connectivity index (χ4n) is 2.75. The van der Waals surface area contributed by atoms with Crippen LogP contribution in [0.15, 0.2) is 23.3 Å². The van der Waals surface area contributed by atoms with Gasteiger partial charge in [-0.3, -0.25) is 0 Å². The summed E-state index contributed by atoms with van der Waals surface area (Å²) < 4.78 is 5.27. The van der Waals surface area contributed by atoms with Crippen LogP contribution in [-0.4, -0.2) is 34.0 Å². The van der Waals surface area contributed by atoms with Crippen molar-refractivity contribution in [2.75, 3.05) is 0 Å². The number of hydrogen-bond acceptors (Lipinski definition) is 4. The predicted molar refractivity (Wildman–Crippen MR) is 71.4 cm³/mol. The third-order valence-electron chi connectivity index (χ3n) is 4.27. The summed E-state index contributed by atoms with van der Waals surface area (Å²) in [6, 6.07) is 0. The lowest BCUT2D eigenvalue weighted by Crippen LogP contribution is -2.38. The van der Waals surface area contributed by atoms with Gasteiger partial charge >= 0.3 is 5.97 Å². The van der Waals surface area contributed by atoms with Crippen LogP contribution in [0.2, 0.25) is 0 Å². The summed E-state index contributed by atoms with van der Waals surface area (Å²) in [5.74, 6) is -0.828. The Balaban J connectivity index is 2.34. The van der Waals surface area contributed by atoms with Gasteiger partial charge in [0.05, 0.1) is 6.10 Å². The van der Waals surface area contributed by atoms with Gasteiger partial charge in [0.25, 0.3) is 0 Å². The number of rotatable bonds is 0. The first-order chi connectivity index (χ1) is 8.82. The number of allylic oxidation sites excluding steroid dienone is 1. The van der Waals surface area contributed by atoms with Crippen molar-refractivity contribution in [3.05, 3.63) is 23.3 Å². The SMILES string of the molecule is CC1=CC[C@@H](O)C(C)=CC2OC(=O)[C@@](C)(O)[C@@H]2CC1. The van der Waals surface area contributed by atoms with E-state index in [0.717, 1.165) is 12.0 Å². The molecule has 19 heavy (non-hydrogen) atoms. The Morgan fingerprint density at radius 1 is 1.42 bits per heavy atom. The van der Waals surface area contributed by atoms with E-state index in [2.05, 4.69) is 0 Å². The molecule has 0 aromatic carbocycles. The van der Waals surface area contributed by atoms with E-state index in [1.54, 1.807) is 6.08 Å². The van der Waals surface area contributed by atoms with Crippen LogP contribution in [0.1, 0.15) is 40.0 Å². The lowest BCUT2D eigenvalue weighted by molar-refractivity contribution is -0.153. The Hall–Kier alpha value is -1.13. The molecule has 4 heteroatoms. The summed E-state index contributed by atoms with van der Waals surface area (Å²) in [7, 11) is 0. The van der Waals surface area contributed by atoms with Crippen molar-refractivity contribution in [1.82, 2.24) is 0 Å². The van der Waals surface area contributed by atoms with Gasteiger partial charge in [0.1, 0.15) is 6.10 Å². The lowest BCUT2D eigenvalue weighted by Gasteiger charge is -2.24. The summed E-state index contributed by atoms with van der Waals surface area (Å²) in [6.45, 7) is 5.35. The summed E-state index contributed by atoms with van der Waals surface area (Å²) in [5.41, 5.74) is 0.514. The molecular formula is C15H22O4. The van der Waals surface area contributed by atoms with Gasteiger partial charge in [0.15, 0.2) is 5.60 Å². The third kappa shape index (κ3) is 2.74. The Labute approximate surface area is 113 Å². The number of fused-ring (bicyclic) bond motifs is 1. The van der Waals surface area contributed by atoms with Crippen LogP contribution in [-0.2, 0) is 9.53 Å². The van der Waals surface area contributed by atoms with Crippen molar-refractivity contribution in [3.63, 3.8) is 0 Å². The van der Waals surface area contributed by atoms with Crippen LogP contribution < -0.4 is 0 Å². The highest BCUT2D eigenvalue weighted by molar-refractivity contribution is 5.82. The number of carbonyl (C=O) groups excluding carboxylic acids is 1. The maximum absolute atomic E-state index is 11.7. The first-order valence-corrected chi connectivity index (χ1v) is 6.78. The number of aliphatic hydroxyl groups excluding tert-OH is 1. The van der Waals surface area contributed by atoms with E-state index in [-0.39, 0.29) is 5.92 Å². The minimum atomic E-state index is -1.44. The Morgan fingerprint density at radius 3 is 2.79 bits per heavy atom. The summed E-state index contributed by atoms with van der Waals surface area (Å²) >= 11 is 0. The van der Waals surface area contributed by atoms with Gasteiger partial charge in [0.2, 0.25) is 0 Å². The van der Waals surface area contributed by atoms with Gasteiger partial charge in [-0.1, -0.05) is 11.6 Å². The molecule has 4 nitrogen and oxygen atoms in total. The molecule has 2 aliphatic rings. The molecule has 106 valence electrons. The lowest BCUT2D eigenvalue weighted by atomic mass is 9.81. The van der Waals surface area contributed by atoms with E-state index >= 15 is 0 Å². The zero-order chi connectivity index (χ0) is 14.2. The van der Waals surface area contributed by atoms with E-state index in [4.69, 9.17) is 4.74 Å². The van der Waals surface area contributed by atoms with Gasteiger partial charge in [-0.05, 0) is 51.7 Å². The second kappa shape index (κ2) is 5.10. The van der Waals surface area contributed by atoms with Gasteiger partial charge in [0, 0.05) is 5.92 Å². The summed E-state index contributed by atoms with van der Waals surface area (Å²) in [4.78, 5) is 11.7. The molecule has 1 aliphatic heterocycles. The van der Waals surface area contributed by atoms with Crippen molar-refractivity contribution in [3.8, 4) is 0 Å². The molecular weight excluding hydrogens is 244 g/mol. The van der Waals surface area contributed by atoms with Crippen LogP contribution >= 0.6 is 0 Å². The largest absolute Gasteiger partial charge is 0.456 e. The normalized spacial score (nSPS) is 40.1. The first-order valence-electron chi connectivity index (χ1n) is 6.78. The van der Waals surface area contributed by atoms with E-state index in [1.165, 1.54) is 12.5 Å². The van der Waals surface area contributed by atoms with Crippen LogP contribution in [0.25, 0.3) is 0 Å². The molecule has 0 amide bonds. The quantitative estimate of drug-likeness (QED) is 0.517. The number of ether oxygens (including phenoxy) is 1. The first kappa shape index (κ1) is 14.3. The van der Waals surface area contributed by atoms with Gasteiger partial charge in [-0.25, -0.2) is 4.79 Å². The second-order valence-electron chi connectivity index (χ2n) is 5.88. The fourth-order valence-corrected chi connectivity index (χ4v) is 2.75. The number of hydrogen-bond donors (Lipinski definition) is 2. The molecule has 0 saturated carbocycles. The smallest absolute Gasteiger partial charge is 0.338 e. The van der Waals surface area contributed by atoms with Crippen LogP contribution in [0.4, 0.5) is 0 Å². The Bertz CT molecular complexity index is 433. The van der Waals surface area contributed by atoms with E-state index in [1.807, 2.05) is 19.9 Å². The van der Waals surface area contributed by atoms with Gasteiger partial charge in [-0.15, -0.1) is 0 Å². The molecule has 1 heterocycles. The van der Waals surface area contributed by atoms with Gasteiger partial charge < -0.3 is 14.9 Å². The number of esters is 1. The molecule has 0 radical (unpaired) electrons. The molecule has 1 fully saturated rings. The zero-order valence-corrected chi connectivity index (χ0v) is 11.7. The van der Waals surface area contributed by atoms with E-state index < -0.39 is 23.8 Å². The molecule has 0 aromatic heterocycles. The van der Waals surface area contributed by atoms with Crippen molar-refractivity contribution < 1.29 is 19.7 Å². The molecule has 1 aliphatic carbocycles. The highest BCUT2D eigenvalue weighted by Crippen LogP contribution is 2.38. The van der Waals surface area contributed by atoms with E-state index in [0.29, 0.717) is 12.8 Å². The highest BCUT2D eigenvalue weighted by Gasteiger charge is 2.52. The number of aliphatic hydroxyl groups is 2. The van der Waals surface area contributed by atoms with Gasteiger partial charge in [-0.2, -0.15) is 0 Å². The standard InChI is InChI=1S/C15H22O4/c1-9-4-6-11-13(19-14(17)15(11,3)18)8-10(2)12(16)7-5-9/h5,8,11-13,16,18H,4,6-7H2,1-3H3/t11-,12-,13?,15+/m1/s1. The van der Waals surface area contributed by atoms with Crippen LogP contribution in [0.3, 0.4) is 0 Å². The van der Waals surface area contributed by atoms with Crippen molar-refractivity contribution in [2.45, 2.75) is 57.8 Å². The molecule has 2 N–H and O–H groups in total. The van der Waals surface area contributed by atoms with Crippen molar-refractivity contribution in [2.24, 2.45) is 5.92 Å². The van der Waals surface area contributed by atoms with Crippen LogP contribution in [0, 0.1) is 5.92 Å². The van der Waals surface area contributed by atoms with Crippen molar-refractivity contribution >= 4 is 5.97 Å². The molecule has 2 rings (SSSR count). The minimum Gasteiger partial charge on any atom is -0.456 e. The van der Waals surface area contributed by atoms with E-state index in [9.17, 15) is 15.0 Å². The second-order valence-corrected chi connectivity index (χ2v) is 5.88.